The summed E-state index contributed by atoms with van der Waals surface area (Å²) in [4.78, 5) is 12.3. The smallest absolute Gasteiger partial charge is 0.179 e. The zero-order chi connectivity index (χ0) is 15.2. The molecule has 1 aromatic carbocycles. The third-order valence-corrected chi connectivity index (χ3v) is 3.01. The first-order chi connectivity index (χ1) is 9.39. The molecule has 0 aromatic heterocycles. The molecule has 4 nitrogen and oxygen atoms in total. The van der Waals surface area contributed by atoms with Gasteiger partial charge in [0.15, 0.2) is 5.78 Å². The number of carbonyl (C=O) groups excluding carboxylic acids is 1. The van der Waals surface area contributed by atoms with Crippen molar-refractivity contribution in [1.82, 2.24) is 5.32 Å². The molecule has 1 aromatic rings. The summed E-state index contributed by atoms with van der Waals surface area (Å²) in [5.74, 6) is 0.785. The molecule has 0 bridgehead atoms. The highest BCUT2D eigenvalue weighted by Crippen LogP contribution is 2.14. The van der Waals surface area contributed by atoms with E-state index in [-0.39, 0.29) is 18.4 Å². The van der Waals surface area contributed by atoms with Crippen LogP contribution in [-0.2, 0) is 0 Å². The number of nitrogens with one attached hydrogen (secondary N) is 1. The molecule has 0 aliphatic carbocycles. The van der Waals surface area contributed by atoms with Crippen LogP contribution < -0.4 is 10.1 Å². The van der Waals surface area contributed by atoms with Crippen molar-refractivity contribution in [2.24, 2.45) is 0 Å². The Balaban J connectivity index is 2.67. The number of aliphatic hydroxyl groups is 1. The molecule has 112 valence electrons. The molecule has 0 saturated carbocycles. The molecule has 1 unspecified atom stereocenters. The van der Waals surface area contributed by atoms with Crippen LogP contribution in [0.5, 0.6) is 5.75 Å². The first-order valence-electron chi connectivity index (χ1n) is 7.05. The Hall–Kier alpha value is -1.39. The lowest BCUT2D eigenvalue weighted by Gasteiger charge is -2.27. The van der Waals surface area contributed by atoms with Crippen LogP contribution in [0, 0.1) is 0 Å². The summed E-state index contributed by atoms with van der Waals surface area (Å²) < 4.78 is 5.49. The van der Waals surface area contributed by atoms with Crippen molar-refractivity contribution in [2.75, 3.05) is 13.2 Å². The van der Waals surface area contributed by atoms with E-state index in [9.17, 15) is 9.90 Å². The minimum atomic E-state index is -0.473. The van der Waals surface area contributed by atoms with Gasteiger partial charge in [-0.3, -0.25) is 4.79 Å². The summed E-state index contributed by atoms with van der Waals surface area (Å²) in [6.45, 7) is 8.23. The lowest BCUT2D eigenvalue weighted by atomic mass is 10.0. The van der Waals surface area contributed by atoms with Gasteiger partial charge in [-0.2, -0.15) is 0 Å². The van der Waals surface area contributed by atoms with Crippen molar-refractivity contribution in [3.8, 4) is 5.75 Å². The summed E-state index contributed by atoms with van der Waals surface area (Å²) in [6, 6.07) is 6.83. The number of aliphatic hydroxyl groups excluding tert-OH is 1. The zero-order valence-electron chi connectivity index (χ0n) is 12.8. The second-order valence-corrected chi connectivity index (χ2v) is 5.65. The van der Waals surface area contributed by atoms with Crippen LogP contribution in [-0.4, -0.2) is 35.7 Å². The van der Waals surface area contributed by atoms with Gasteiger partial charge in [-0.05, 0) is 51.5 Å². The van der Waals surface area contributed by atoms with Crippen LogP contribution in [0.25, 0.3) is 0 Å². The van der Waals surface area contributed by atoms with Gasteiger partial charge in [0.25, 0.3) is 0 Å². The largest absolute Gasteiger partial charge is 0.494 e. The fraction of sp³-hybridized carbons (Fsp3) is 0.562. The van der Waals surface area contributed by atoms with Crippen molar-refractivity contribution >= 4 is 5.78 Å². The van der Waals surface area contributed by atoms with E-state index in [2.05, 4.69) is 5.32 Å². The summed E-state index contributed by atoms with van der Waals surface area (Å²) >= 11 is 0. The maximum atomic E-state index is 12.3. The molecule has 0 aliphatic rings. The molecule has 1 rings (SSSR count). The van der Waals surface area contributed by atoms with Gasteiger partial charge in [-0.15, -0.1) is 0 Å². The van der Waals surface area contributed by atoms with E-state index in [4.69, 9.17) is 4.74 Å². The monoisotopic (exact) mass is 279 g/mol. The average molecular weight is 279 g/mol. The molecule has 20 heavy (non-hydrogen) atoms. The van der Waals surface area contributed by atoms with Crippen molar-refractivity contribution < 1.29 is 14.6 Å². The van der Waals surface area contributed by atoms with Crippen LogP contribution in [0.2, 0.25) is 0 Å². The Morgan fingerprint density at radius 2 is 1.95 bits per heavy atom. The Morgan fingerprint density at radius 1 is 1.35 bits per heavy atom. The molecule has 4 heteroatoms. The standard InChI is InChI=1S/C16H25NO3/c1-5-10-20-14-8-6-13(7-9-14)15(19)12(2)17-16(3,4)11-18/h6-9,12,17-18H,5,10-11H2,1-4H3. The van der Waals surface area contributed by atoms with Gasteiger partial charge in [-0.25, -0.2) is 0 Å². The molecule has 2 N–H and O–H groups in total. The molecule has 0 saturated heterocycles. The molecule has 0 heterocycles. The number of ketones is 1. The number of carbonyl (C=O) groups is 1. The predicted octanol–water partition coefficient (Wildman–Crippen LogP) is 2.41. The number of hydrogen-bond acceptors (Lipinski definition) is 4. The van der Waals surface area contributed by atoms with Gasteiger partial charge in [0.1, 0.15) is 5.75 Å². The highest BCUT2D eigenvalue weighted by molar-refractivity contribution is 6.00. The number of Topliss-reactive ketones (excluding diaryl/α,β-unsaturated/α-hetero) is 1. The van der Waals surface area contributed by atoms with Crippen molar-refractivity contribution in [3.05, 3.63) is 29.8 Å². The maximum Gasteiger partial charge on any atom is 0.179 e. The Bertz CT molecular complexity index is 426. The van der Waals surface area contributed by atoms with Gasteiger partial charge < -0.3 is 15.2 Å². The second kappa shape index (κ2) is 7.41. The molecule has 1 atom stereocenters. The number of benzene rings is 1. The van der Waals surface area contributed by atoms with E-state index in [0.717, 1.165) is 12.2 Å². The number of hydrogen-bond donors (Lipinski definition) is 2. The maximum absolute atomic E-state index is 12.3. The van der Waals surface area contributed by atoms with E-state index in [1.165, 1.54) is 0 Å². The zero-order valence-corrected chi connectivity index (χ0v) is 12.8. The van der Waals surface area contributed by atoms with Gasteiger partial charge in [0, 0.05) is 11.1 Å². The molecule has 0 radical (unpaired) electrons. The lowest BCUT2D eigenvalue weighted by Crippen LogP contribution is -2.50. The molecule has 0 amide bonds. The fourth-order valence-electron chi connectivity index (χ4n) is 1.88. The molecule has 0 aliphatic heterocycles. The Kier molecular flexibility index (Phi) is 6.17. The summed E-state index contributed by atoms with van der Waals surface area (Å²) in [6.07, 6.45) is 0.956. The quantitative estimate of drug-likeness (QED) is 0.717. The van der Waals surface area contributed by atoms with Gasteiger partial charge in [0.05, 0.1) is 19.3 Å². The minimum Gasteiger partial charge on any atom is -0.494 e. The highest BCUT2D eigenvalue weighted by Gasteiger charge is 2.23. The topological polar surface area (TPSA) is 58.6 Å². The SMILES string of the molecule is CCCOc1ccc(C(=O)C(C)NC(C)(C)CO)cc1. The van der Waals surface area contributed by atoms with Crippen LogP contribution in [0.4, 0.5) is 0 Å². The van der Waals surface area contributed by atoms with Crippen LogP contribution >= 0.6 is 0 Å². The second-order valence-electron chi connectivity index (χ2n) is 5.65. The van der Waals surface area contributed by atoms with Crippen LogP contribution in [0.15, 0.2) is 24.3 Å². The van der Waals surface area contributed by atoms with Crippen LogP contribution in [0.3, 0.4) is 0 Å². The summed E-state index contributed by atoms with van der Waals surface area (Å²) in [5.41, 5.74) is 0.168. The van der Waals surface area contributed by atoms with Crippen molar-refractivity contribution in [2.45, 2.75) is 45.7 Å². The summed E-state index contributed by atoms with van der Waals surface area (Å²) in [7, 11) is 0. The Labute approximate surface area is 121 Å². The molecular weight excluding hydrogens is 254 g/mol. The van der Waals surface area contributed by atoms with Crippen LogP contribution in [0.1, 0.15) is 44.5 Å². The predicted molar refractivity (Wildman–Crippen MR) is 80.3 cm³/mol. The Morgan fingerprint density at radius 3 is 2.45 bits per heavy atom. The molecule has 0 fully saturated rings. The van der Waals surface area contributed by atoms with Gasteiger partial charge in [-0.1, -0.05) is 6.92 Å². The van der Waals surface area contributed by atoms with Crippen molar-refractivity contribution in [1.29, 1.82) is 0 Å². The van der Waals surface area contributed by atoms with Gasteiger partial charge >= 0.3 is 0 Å². The van der Waals surface area contributed by atoms with Crippen molar-refractivity contribution in [3.63, 3.8) is 0 Å². The number of ether oxygens (including phenoxy) is 1. The normalized spacial score (nSPS) is 13.1. The van der Waals surface area contributed by atoms with E-state index in [1.807, 2.05) is 32.9 Å². The minimum absolute atomic E-state index is 0.00793. The highest BCUT2D eigenvalue weighted by atomic mass is 16.5. The summed E-state index contributed by atoms with van der Waals surface area (Å²) in [5, 5.41) is 12.3. The van der Waals surface area contributed by atoms with E-state index in [0.29, 0.717) is 12.2 Å². The first-order valence-corrected chi connectivity index (χ1v) is 7.05. The number of rotatable bonds is 8. The molecule has 0 spiro atoms. The third kappa shape index (κ3) is 4.94. The van der Waals surface area contributed by atoms with E-state index >= 15 is 0 Å². The fourth-order valence-corrected chi connectivity index (χ4v) is 1.88. The van der Waals surface area contributed by atoms with E-state index in [1.54, 1.807) is 19.1 Å². The van der Waals surface area contributed by atoms with E-state index < -0.39 is 5.54 Å². The third-order valence-electron chi connectivity index (χ3n) is 3.01. The van der Waals surface area contributed by atoms with Gasteiger partial charge in [0.2, 0.25) is 0 Å². The molecular formula is C16H25NO3. The average Bonchev–Trinajstić information content (AvgIpc) is 2.44. The first kappa shape index (κ1) is 16.7. The lowest BCUT2D eigenvalue weighted by molar-refractivity contribution is 0.0911.